The molecule has 3 heteroatoms. The molecular weight excluding hydrogens is 168 g/mol. The van der Waals surface area contributed by atoms with Crippen molar-refractivity contribution in [3.8, 4) is 0 Å². The lowest BCUT2D eigenvalue weighted by Gasteiger charge is -2.22. The average molecular weight is 178 g/mol. The first-order valence-electron chi connectivity index (χ1n) is 4.08. The van der Waals surface area contributed by atoms with Gasteiger partial charge in [0.25, 0.3) is 0 Å². The lowest BCUT2D eigenvalue weighted by Crippen LogP contribution is -2.21. The van der Waals surface area contributed by atoms with Crippen molar-refractivity contribution in [1.29, 1.82) is 0 Å². The maximum Gasteiger partial charge on any atom is 0.148 e. The van der Waals surface area contributed by atoms with Gasteiger partial charge in [-0.25, -0.2) is 4.89 Å². The molecule has 1 aromatic carbocycles. The predicted octanol–water partition coefficient (Wildman–Crippen LogP) is 1.60. The minimum Gasteiger partial charge on any atom is -0.386 e. The van der Waals surface area contributed by atoms with Crippen LogP contribution in [0.1, 0.15) is 17.2 Å². The van der Waals surface area contributed by atoms with Gasteiger partial charge in [0, 0.05) is 0 Å². The summed E-state index contributed by atoms with van der Waals surface area (Å²) in [6, 6.07) is 7.47. The van der Waals surface area contributed by atoms with Crippen LogP contribution in [-0.4, -0.2) is 16.5 Å². The van der Waals surface area contributed by atoms with E-state index in [4.69, 9.17) is 5.26 Å². The highest BCUT2D eigenvalue weighted by molar-refractivity contribution is 5.58. The van der Waals surface area contributed by atoms with E-state index in [-0.39, 0.29) is 0 Å². The number of rotatable bonds is 1. The lowest BCUT2D eigenvalue weighted by molar-refractivity contribution is -0.296. The molecule has 68 valence electrons. The molecule has 1 aromatic rings. The Balaban J connectivity index is 2.47. The summed E-state index contributed by atoms with van der Waals surface area (Å²) in [6.07, 6.45) is 1.97. The van der Waals surface area contributed by atoms with Gasteiger partial charge in [0.1, 0.15) is 12.2 Å². The molecule has 0 saturated carbocycles. The highest BCUT2D eigenvalue weighted by Crippen LogP contribution is 2.29. The van der Waals surface area contributed by atoms with E-state index >= 15 is 0 Å². The van der Waals surface area contributed by atoms with Crippen LogP contribution in [0.3, 0.4) is 0 Å². The molecule has 1 aliphatic rings. The summed E-state index contributed by atoms with van der Waals surface area (Å²) < 4.78 is 0. The molecule has 2 N–H and O–H groups in total. The Morgan fingerprint density at radius 3 is 2.77 bits per heavy atom. The Kier molecular flexibility index (Phi) is 2.14. The molecule has 1 aliphatic carbocycles. The fourth-order valence-corrected chi connectivity index (χ4v) is 1.53. The van der Waals surface area contributed by atoms with Crippen LogP contribution < -0.4 is 0 Å². The molecule has 0 amide bonds. The summed E-state index contributed by atoms with van der Waals surface area (Å²) in [6.45, 7) is 0. The van der Waals surface area contributed by atoms with Gasteiger partial charge in [0.15, 0.2) is 0 Å². The van der Waals surface area contributed by atoms with Crippen molar-refractivity contribution in [3.05, 3.63) is 41.5 Å². The van der Waals surface area contributed by atoms with Crippen LogP contribution in [0.4, 0.5) is 0 Å². The summed E-state index contributed by atoms with van der Waals surface area (Å²) >= 11 is 0. The number of benzene rings is 1. The van der Waals surface area contributed by atoms with Gasteiger partial charge in [0.05, 0.1) is 0 Å². The molecule has 0 fully saturated rings. The highest BCUT2D eigenvalue weighted by atomic mass is 17.1. The maximum atomic E-state index is 9.44. The molecular formula is C10H10O3. The van der Waals surface area contributed by atoms with Crippen molar-refractivity contribution in [2.75, 3.05) is 0 Å². The molecule has 13 heavy (non-hydrogen) atoms. The van der Waals surface area contributed by atoms with Gasteiger partial charge in [-0.3, -0.25) is 5.26 Å². The number of hydrogen-bond donors (Lipinski definition) is 2. The van der Waals surface area contributed by atoms with Crippen LogP contribution in [0.15, 0.2) is 30.3 Å². The number of aliphatic hydroxyl groups is 1. The van der Waals surface area contributed by atoms with Gasteiger partial charge >= 0.3 is 0 Å². The third-order valence-corrected chi connectivity index (χ3v) is 2.20. The van der Waals surface area contributed by atoms with E-state index in [2.05, 4.69) is 4.89 Å². The zero-order valence-electron chi connectivity index (χ0n) is 6.92. The topological polar surface area (TPSA) is 49.7 Å². The van der Waals surface area contributed by atoms with Crippen molar-refractivity contribution in [3.63, 3.8) is 0 Å². The molecule has 0 aliphatic heterocycles. The van der Waals surface area contributed by atoms with E-state index < -0.39 is 12.2 Å². The van der Waals surface area contributed by atoms with Crippen molar-refractivity contribution in [2.45, 2.75) is 12.2 Å². The monoisotopic (exact) mass is 178 g/mol. The highest BCUT2D eigenvalue weighted by Gasteiger charge is 2.25. The minimum absolute atomic E-state index is 0.666. The molecule has 2 rings (SSSR count). The number of hydrogen-bond acceptors (Lipinski definition) is 3. The first-order chi connectivity index (χ1) is 6.33. The Morgan fingerprint density at radius 2 is 2.00 bits per heavy atom. The van der Waals surface area contributed by atoms with Gasteiger partial charge < -0.3 is 5.11 Å². The van der Waals surface area contributed by atoms with Gasteiger partial charge in [0.2, 0.25) is 0 Å². The van der Waals surface area contributed by atoms with E-state index in [1.165, 1.54) is 0 Å². The second kappa shape index (κ2) is 3.30. The molecule has 0 spiro atoms. The zero-order chi connectivity index (χ0) is 9.26. The van der Waals surface area contributed by atoms with Crippen LogP contribution in [-0.2, 0) is 4.89 Å². The molecule has 0 aromatic heterocycles. The summed E-state index contributed by atoms with van der Waals surface area (Å²) in [5.74, 6) is 0. The maximum absolute atomic E-state index is 9.44. The number of fused-ring (bicyclic) bond motifs is 1. The zero-order valence-corrected chi connectivity index (χ0v) is 6.92. The second-order valence-electron chi connectivity index (χ2n) is 3.00. The van der Waals surface area contributed by atoms with Crippen molar-refractivity contribution < 1.29 is 15.3 Å². The molecule has 3 nitrogen and oxygen atoms in total. The van der Waals surface area contributed by atoms with Crippen LogP contribution in [0.5, 0.6) is 0 Å². The van der Waals surface area contributed by atoms with E-state index in [1.807, 2.05) is 30.3 Å². The molecule has 2 unspecified atom stereocenters. The second-order valence-corrected chi connectivity index (χ2v) is 3.00. The van der Waals surface area contributed by atoms with Gasteiger partial charge in [-0.15, -0.1) is 0 Å². The normalized spacial score (nSPS) is 25.7. The molecule has 0 heterocycles. The van der Waals surface area contributed by atoms with Crippen LogP contribution in [0.2, 0.25) is 0 Å². The van der Waals surface area contributed by atoms with E-state index in [9.17, 15) is 5.11 Å². The summed E-state index contributed by atoms with van der Waals surface area (Å²) in [7, 11) is 0. The van der Waals surface area contributed by atoms with Crippen LogP contribution in [0, 0.1) is 0 Å². The Hall–Kier alpha value is -1.16. The number of aliphatic hydroxyl groups excluding tert-OH is 1. The van der Waals surface area contributed by atoms with Gasteiger partial charge in [-0.05, 0) is 11.1 Å². The molecule has 0 bridgehead atoms. The molecule has 0 radical (unpaired) electrons. The third kappa shape index (κ3) is 1.37. The summed E-state index contributed by atoms with van der Waals surface area (Å²) in [5.41, 5.74) is 1.77. The first-order valence-corrected chi connectivity index (χ1v) is 4.08. The van der Waals surface area contributed by atoms with E-state index in [1.54, 1.807) is 6.08 Å². The summed E-state index contributed by atoms with van der Waals surface area (Å²) in [5, 5.41) is 18.1. The quantitative estimate of drug-likeness (QED) is 0.507. The van der Waals surface area contributed by atoms with Crippen molar-refractivity contribution in [2.24, 2.45) is 0 Å². The SMILES string of the molecule is OOC1c2ccccc2C=CC1O. The molecule has 2 atom stereocenters. The average Bonchev–Trinajstić information content (AvgIpc) is 2.18. The Labute approximate surface area is 75.8 Å². The largest absolute Gasteiger partial charge is 0.386 e. The minimum atomic E-state index is -0.778. The fraction of sp³-hybridized carbons (Fsp3) is 0.200. The first kappa shape index (κ1) is 8.44. The smallest absolute Gasteiger partial charge is 0.148 e. The van der Waals surface area contributed by atoms with E-state index in [0.717, 1.165) is 11.1 Å². The Morgan fingerprint density at radius 1 is 1.23 bits per heavy atom. The Bertz CT molecular complexity index is 333. The fourth-order valence-electron chi connectivity index (χ4n) is 1.53. The van der Waals surface area contributed by atoms with Crippen molar-refractivity contribution >= 4 is 6.08 Å². The van der Waals surface area contributed by atoms with E-state index in [0.29, 0.717) is 0 Å². The predicted molar refractivity (Wildman–Crippen MR) is 47.9 cm³/mol. The molecule has 0 saturated heterocycles. The third-order valence-electron chi connectivity index (χ3n) is 2.20. The summed E-state index contributed by atoms with van der Waals surface area (Å²) in [4.78, 5) is 4.23. The standard InChI is InChI=1S/C10H10O3/c11-9-6-5-7-3-1-2-4-8(7)10(9)13-12/h1-6,9-12H. The van der Waals surface area contributed by atoms with Gasteiger partial charge in [-0.2, -0.15) is 0 Å². The van der Waals surface area contributed by atoms with Crippen molar-refractivity contribution in [1.82, 2.24) is 0 Å². The lowest BCUT2D eigenvalue weighted by atomic mass is 9.93. The van der Waals surface area contributed by atoms with Crippen LogP contribution in [0.25, 0.3) is 6.08 Å². The van der Waals surface area contributed by atoms with Gasteiger partial charge in [-0.1, -0.05) is 36.4 Å². The van der Waals surface area contributed by atoms with Crippen LogP contribution >= 0.6 is 0 Å².